The van der Waals surface area contributed by atoms with Crippen LogP contribution in [-0.2, 0) is 11.2 Å². The van der Waals surface area contributed by atoms with Gasteiger partial charge in [0.15, 0.2) is 0 Å². The molecule has 2 aromatic carbocycles. The lowest BCUT2D eigenvalue weighted by Crippen LogP contribution is -2.24. The molecule has 1 heterocycles. The lowest BCUT2D eigenvalue weighted by molar-refractivity contribution is -0.115. The fraction of sp³-hybridized carbons (Fsp3) is 0.188. The van der Waals surface area contributed by atoms with Gasteiger partial charge in [0.25, 0.3) is 0 Å². The molecular formula is C16H15NOS. The summed E-state index contributed by atoms with van der Waals surface area (Å²) in [4.78, 5) is 13.5. The summed E-state index contributed by atoms with van der Waals surface area (Å²) < 4.78 is 0. The van der Waals surface area contributed by atoms with E-state index in [-0.39, 0.29) is 11.2 Å². The number of anilines is 1. The lowest BCUT2D eigenvalue weighted by atomic mass is 10.1. The first-order valence-corrected chi connectivity index (χ1v) is 7.23. The summed E-state index contributed by atoms with van der Waals surface area (Å²) in [5.41, 5.74) is 3.28. The Morgan fingerprint density at radius 3 is 2.68 bits per heavy atom. The van der Waals surface area contributed by atoms with Crippen LogP contribution in [0.4, 0.5) is 5.69 Å². The van der Waals surface area contributed by atoms with E-state index >= 15 is 0 Å². The molecule has 3 rings (SSSR count). The van der Waals surface area contributed by atoms with Crippen molar-refractivity contribution in [2.24, 2.45) is 0 Å². The standard InChI is InChI=1S/C16H15NOS/c1-11-6-2-4-8-13(11)17-16(18)15-10-12-7-3-5-9-14(12)19-15/h2-9,15H,10H2,1H3,(H,17,18). The molecule has 2 nitrogen and oxygen atoms in total. The highest BCUT2D eigenvalue weighted by molar-refractivity contribution is 8.01. The summed E-state index contributed by atoms with van der Waals surface area (Å²) in [5.74, 6) is 0.0931. The summed E-state index contributed by atoms with van der Waals surface area (Å²) in [7, 11) is 0. The second-order valence-corrected chi connectivity index (χ2v) is 5.97. The van der Waals surface area contributed by atoms with Crippen LogP contribution in [0.25, 0.3) is 0 Å². The van der Waals surface area contributed by atoms with Crippen molar-refractivity contribution in [2.45, 2.75) is 23.5 Å². The monoisotopic (exact) mass is 269 g/mol. The van der Waals surface area contributed by atoms with Crippen LogP contribution in [0.15, 0.2) is 53.4 Å². The van der Waals surface area contributed by atoms with Gasteiger partial charge in [0.2, 0.25) is 5.91 Å². The lowest BCUT2D eigenvalue weighted by Gasteiger charge is -2.11. The first-order chi connectivity index (χ1) is 9.24. The van der Waals surface area contributed by atoms with E-state index < -0.39 is 0 Å². The predicted octanol–water partition coefficient (Wildman–Crippen LogP) is 3.65. The zero-order chi connectivity index (χ0) is 13.2. The summed E-state index contributed by atoms with van der Waals surface area (Å²) in [6, 6.07) is 16.1. The highest BCUT2D eigenvalue weighted by Gasteiger charge is 2.28. The third-order valence-corrected chi connectivity index (χ3v) is 4.66. The minimum absolute atomic E-state index is 0.0167. The smallest absolute Gasteiger partial charge is 0.238 e. The summed E-state index contributed by atoms with van der Waals surface area (Å²) in [6.45, 7) is 2.01. The minimum Gasteiger partial charge on any atom is -0.325 e. The summed E-state index contributed by atoms with van der Waals surface area (Å²) >= 11 is 1.66. The van der Waals surface area contributed by atoms with Crippen molar-refractivity contribution < 1.29 is 4.79 Å². The molecule has 19 heavy (non-hydrogen) atoms. The van der Waals surface area contributed by atoms with E-state index in [9.17, 15) is 4.79 Å². The third-order valence-electron chi connectivity index (χ3n) is 3.34. The normalized spacial score (nSPS) is 17.0. The van der Waals surface area contributed by atoms with Crippen LogP contribution in [-0.4, -0.2) is 11.2 Å². The Bertz CT molecular complexity index is 599. The van der Waals surface area contributed by atoms with E-state index in [1.807, 2.05) is 43.3 Å². The number of carbonyl (C=O) groups excluding carboxylic acids is 1. The second kappa shape index (κ2) is 5.10. The van der Waals surface area contributed by atoms with Crippen molar-refractivity contribution in [3.05, 3.63) is 59.7 Å². The number of nitrogens with one attached hydrogen (secondary N) is 1. The fourth-order valence-electron chi connectivity index (χ4n) is 2.25. The topological polar surface area (TPSA) is 29.1 Å². The number of amides is 1. The van der Waals surface area contributed by atoms with Crippen LogP contribution in [0, 0.1) is 6.92 Å². The molecule has 1 atom stereocenters. The number of fused-ring (bicyclic) bond motifs is 1. The van der Waals surface area contributed by atoms with Gasteiger partial charge in [-0.1, -0.05) is 36.4 Å². The SMILES string of the molecule is Cc1ccccc1NC(=O)C1Cc2ccccc2S1. The van der Waals surface area contributed by atoms with Gasteiger partial charge in [-0.2, -0.15) is 0 Å². The molecule has 0 aliphatic carbocycles. The fourth-order valence-corrected chi connectivity index (χ4v) is 3.45. The van der Waals surface area contributed by atoms with Gasteiger partial charge in [0.05, 0.1) is 5.25 Å². The Morgan fingerprint density at radius 2 is 1.89 bits per heavy atom. The molecule has 0 spiro atoms. The average molecular weight is 269 g/mol. The van der Waals surface area contributed by atoms with E-state index in [2.05, 4.69) is 17.4 Å². The molecule has 0 saturated carbocycles. The predicted molar refractivity (Wildman–Crippen MR) is 79.6 cm³/mol. The highest BCUT2D eigenvalue weighted by Crippen LogP contribution is 2.37. The largest absolute Gasteiger partial charge is 0.325 e. The molecule has 96 valence electrons. The number of aryl methyl sites for hydroxylation is 1. The number of rotatable bonds is 2. The highest BCUT2D eigenvalue weighted by atomic mass is 32.2. The molecule has 1 N–H and O–H groups in total. The first-order valence-electron chi connectivity index (χ1n) is 6.35. The van der Waals surface area contributed by atoms with Crippen molar-refractivity contribution in [1.29, 1.82) is 0 Å². The van der Waals surface area contributed by atoms with Crippen molar-refractivity contribution in [3.8, 4) is 0 Å². The van der Waals surface area contributed by atoms with Crippen LogP contribution in [0.2, 0.25) is 0 Å². The second-order valence-electron chi connectivity index (χ2n) is 4.72. The van der Waals surface area contributed by atoms with Crippen LogP contribution >= 0.6 is 11.8 Å². The van der Waals surface area contributed by atoms with E-state index in [1.165, 1.54) is 10.5 Å². The van der Waals surface area contributed by atoms with Gasteiger partial charge in [-0.05, 0) is 36.6 Å². The molecule has 0 fully saturated rings. The number of hydrogen-bond acceptors (Lipinski definition) is 2. The average Bonchev–Trinajstić information content (AvgIpc) is 2.85. The molecule has 0 radical (unpaired) electrons. The Kier molecular flexibility index (Phi) is 3.30. The summed E-state index contributed by atoms with van der Waals surface area (Å²) in [5, 5.41) is 3.01. The van der Waals surface area contributed by atoms with Crippen molar-refractivity contribution in [2.75, 3.05) is 5.32 Å². The molecule has 0 aromatic heterocycles. The van der Waals surface area contributed by atoms with Gasteiger partial charge < -0.3 is 5.32 Å². The summed E-state index contributed by atoms with van der Waals surface area (Å²) in [6.07, 6.45) is 0.818. The number of para-hydroxylation sites is 1. The maximum atomic E-state index is 12.3. The molecular weight excluding hydrogens is 254 g/mol. The van der Waals surface area contributed by atoms with Crippen LogP contribution in [0.5, 0.6) is 0 Å². The number of carbonyl (C=O) groups is 1. The third kappa shape index (κ3) is 2.51. The van der Waals surface area contributed by atoms with Crippen LogP contribution in [0.1, 0.15) is 11.1 Å². The minimum atomic E-state index is -0.0167. The Labute approximate surface area is 117 Å². The molecule has 1 amide bonds. The van der Waals surface area contributed by atoms with Crippen LogP contribution in [0.3, 0.4) is 0 Å². The molecule has 2 aromatic rings. The van der Waals surface area contributed by atoms with Gasteiger partial charge in [0.1, 0.15) is 0 Å². The zero-order valence-corrected chi connectivity index (χ0v) is 11.5. The molecule has 3 heteroatoms. The Hall–Kier alpha value is -1.74. The molecule has 0 bridgehead atoms. The Balaban J connectivity index is 1.72. The van der Waals surface area contributed by atoms with Crippen molar-refractivity contribution >= 4 is 23.4 Å². The molecule has 1 aliphatic rings. The number of thioether (sulfide) groups is 1. The van der Waals surface area contributed by atoms with E-state index in [0.717, 1.165) is 17.7 Å². The molecule has 1 aliphatic heterocycles. The molecule has 1 unspecified atom stereocenters. The van der Waals surface area contributed by atoms with Gasteiger partial charge in [-0.15, -0.1) is 11.8 Å². The van der Waals surface area contributed by atoms with Gasteiger partial charge in [0, 0.05) is 10.6 Å². The number of benzene rings is 2. The maximum Gasteiger partial charge on any atom is 0.238 e. The van der Waals surface area contributed by atoms with Crippen LogP contribution < -0.4 is 5.32 Å². The van der Waals surface area contributed by atoms with E-state index in [4.69, 9.17) is 0 Å². The number of hydrogen-bond donors (Lipinski definition) is 1. The Morgan fingerprint density at radius 1 is 1.16 bits per heavy atom. The van der Waals surface area contributed by atoms with Gasteiger partial charge in [-0.25, -0.2) is 0 Å². The maximum absolute atomic E-state index is 12.3. The van der Waals surface area contributed by atoms with Gasteiger partial charge >= 0.3 is 0 Å². The van der Waals surface area contributed by atoms with Gasteiger partial charge in [-0.3, -0.25) is 4.79 Å². The van der Waals surface area contributed by atoms with Crippen molar-refractivity contribution in [3.63, 3.8) is 0 Å². The van der Waals surface area contributed by atoms with E-state index in [1.54, 1.807) is 11.8 Å². The quantitative estimate of drug-likeness (QED) is 0.901. The van der Waals surface area contributed by atoms with Crippen molar-refractivity contribution in [1.82, 2.24) is 0 Å². The molecule has 0 saturated heterocycles. The zero-order valence-electron chi connectivity index (χ0n) is 10.7. The first kappa shape index (κ1) is 12.3. The van der Waals surface area contributed by atoms with E-state index in [0.29, 0.717) is 0 Å².